The number of piperidine rings is 1. The monoisotopic (exact) mass is 320 g/mol. The molecule has 126 valence electrons. The second kappa shape index (κ2) is 5.03. The maximum absolute atomic E-state index is 14.3. The standard InChI is InChI=1S/C17H25FN4O/c1-13(2)21-9-14-8-19-12-22(14)16(11-21)4-3-7-20(10-16)15(23)17(18)5-6-17/h8,12-13H,3-7,9-11H2,1-2H3. The van der Waals surface area contributed by atoms with Crippen molar-refractivity contribution >= 4 is 5.91 Å². The molecule has 0 radical (unpaired) electrons. The maximum Gasteiger partial charge on any atom is 0.260 e. The number of aromatic nitrogens is 2. The highest BCUT2D eigenvalue weighted by Crippen LogP contribution is 2.43. The number of carbonyl (C=O) groups excluding carboxylic acids is 1. The molecule has 1 saturated heterocycles. The molecule has 1 aromatic rings. The lowest BCUT2D eigenvalue weighted by molar-refractivity contribution is -0.142. The van der Waals surface area contributed by atoms with E-state index in [1.807, 2.05) is 12.5 Å². The minimum Gasteiger partial charge on any atom is -0.338 e. The molecule has 1 saturated carbocycles. The smallest absolute Gasteiger partial charge is 0.260 e. The number of carbonyl (C=O) groups is 1. The average molecular weight is 320 g/mol. The van der Waals surface area contributed by atoms with E-state index < -0.39 is 5.67 Å². The Morgan fingerprint density at radius 1 is 1.30 bits per heavy atom. The lowest BCUT2D eigenvalue weighted by Gasteiger charge is -2.50. The predicted octanol–water partition coefficient (Wildman–Crippen LogP) is 1.93. The molecule has 1 aliphatic carbocycles. The number of nitrogens with zero attached hydrogens (tertiary/aromatic N) is 4. The van der Waals surface area contributed by atoms with Crippen molar-refractivity contribution in [3.8, 4) is 0 Å². The van der Waals surface area contributed by atoms with E-state index in [2.05, 4.69) is 28.3 Å². The van der Waals surface area contributed by atoms with Gasteiger partial charge in [-0.25, -0.2) is 9.37 Å². The number of hydrogen-bond acceptors (Lipinski definition) is 3. The molecule has 1 aromatic heterocycles. The van der Waals surface area contributed by atoms with Gasteiger partial charge in [-0.15, -0.1) is 0 Å². The van der Waals surface area contributed by atoms with Gasteiger partial charge >= 0.3 is 0 Å². The lowest BCUT2D eigenvalue weighted by Crippen LogP contribution is -2.61. The highest BCUT2D eigenvalue weighted by Gasteiger charge is 2.55. The Hall–Kier alpha value is -1.43. The molecule has 4 rings (SSSR count). The summed E-state index contributed by atoms with van der Waals surface area (Å²) in [5, 5.41) is 0. The van der Waals surface area contributed by atoms with E-state index in [-0.39, 0.29) is 11.4 Å². The Bertz CT molecular complexity index is 624. The van der Waals surface area contributed by atoms with E-state index in [1.54, 1.807) is 4.90 Å². The SMILES string of the molecule is CC(C)N1Cc2cncn2C2(CCCN(C(=O)C3(F)CC3)C2)C1. The van der Waals surface area contributed by atoms with Crippen LogP contribution in [0.1, 0.15) is 45.2 Å². The molecule has 1 spiro atoms. The molecule has 1 atom stereocenters. The number of likely N-dealkylation sites (tertiary alicyclic amines) is 1. The van der Waals surface area contributed by atoms with Crippen molar-refractivity contribution in [2.45, 2.75) is 63.3 Å². The molecule has 0 aromatic carbocycles. The van der Waals surface area contributed by atoms with Crippen molar-refractivity contribution in [1.29, 1.82) is 0 Å². The number of hydrogen-bond donors (Lipinski definition) is 0. The van der Waals surface area contributed by atoms with E-state index >= 15 is 0 Å². The minimum absolute atomic E-state index is 0.159. The third-order valence-corrected chi connectivity index (χ3v) is 5.73. The van der Waals surface area contributed by atoms with Crippen LogP contribution in [0, 0.1) is 0 Å². The second-order valence-corrected chi connectivity index (χ2v) is 7.77. The van der Waals surface area contributed by atoms with Gasteiger partial charge in [0.05, 0.1) is 17.6 Å². The quantitative estimate of drug-likeness (QED) is 0.836. The number of rotatable bonds is 2. The van der Waals surface area contributed by atoms with E-state index in [1.165, 1.54) is 5.69 Å². The van der Waals surface area contributed by atoms with Gasteiger partial charge in [-0.1, -0.05) is 0 Å². The highest BCUT2D eigenvalue weighted by atomic mass is 19.1. The number of fused-ring (bicyclic) bond motifs is 2. The van der Waals surface area contributed by atoms with Crippen LogP contribution in [0.15, 0.2) is 12.5 Å². The highest BCUT2D eigenvalue weighted by molar-refractivity contribution is 5.88. The van der Waals surface area contributed by atoms with Crippen molar-refractivity contribution < 1.29 is 9.18 Å². The second-order valence-electron chi connectivity index (χ2n) is 7.77. The van der Waals surface area contributed by atoms with E-state index in [0.29, 0.717) is 32.0 Å². The fourth-order valence-corrected chi connectivity index (χ4v) is 4.17. The van der Waals surface area contributed by atoms with Gasteiger partial charge in [0.15, 0.2) is 5.67 Å². The van der Waals surface area contributed by atoms with Crippen molar-refractivity contribution in [2.24, 2.45) is 0 Å². The molecule has 0 bridgehead atoms. The molecule has 5 nitrogen and oxygen atoms in total. The molecule has 1 amide bonds. The summed E-state index contributed by atoms with van der Waals surface area (Å²) in [5.41, 5.74) is -0.531. The van der Waals surface area contributed by atoms with Crippen LogP contribution in [0.25, 0.3) is 0 Å². The summed E-state index contributed by atoms with van der Waals surface area (Å²) in [5.74, 6) is -0.292. The summed E-state index contributed by atoms with van der Waals surface area (Å²) < 4.78 is 16.5. The number of imidazole rings is 1. The third kappa shape index (κ3) is 2.38. The third-order valence-electron chi connectivity index (χ3n) is 5.73. The zero-order chi connectivity index (χ0) is 16.2. The van der Waals surface area contributed by atoms with Crippen LogP contribution in [-0.4, -0.2) is 56.6 Å². The van der Waals surface area contributed by atoms with E-state index in [0.717, 1.165) is 25.9 Å². The fourth-order valence-electron chi connectivity index (χ4n) is 4.17. The largest absolute Gasteiger partial charge is 0.338 e. The fraction of sp³-hybridized carbons (Fsp3) is 0.765. The summed E-state index contributed by atoms with van der Waals surface area (Å²) >= 11 is 0. The molecule has 3 aliphatic rings. The number of halogens is 1. The first-order chi connectivity index (χ1) is 10.9. The molecule has 1 unspecified atom stereocenters. The van der Waals surface area contributed by atoms with Crippen molar-refractivity contribution in [1.82, 2.24) is 19.4 Å². The summed E-state index contributed by atoms with van der Waals surface area (Å²) in [4.78, 5) is 21.0. The molecule has 23 heavy (non-hydrogen) atoms. The van der Waals surface area contributed by atoms with Gasteiger partial charge in [0.2, 0.25) is 0 Å². The molecule has 2 aliphatic heterocycles. The Kier molecular flexibility index (Phi) is 3.31. The van der Waals surface area contributed by atoms with E-state index in [9.17, 15) is 9.18 Å². The van der Waals surface area contributed by atoms with Gasteiger partial charge in [0, 0.05) is 38.4 Å². The summed E-state index contributed by atoms with van der Waals surface area (Å²) in [6.45, 7) is 7.47. The summed E-state index contributed by atoms with van der Waals surface area (Å²) in [7, 11) is 0. The predicted molar refractivity (Wildman–Crippen MR) is 84.6 cm³/mol. The van der Waals surface area contributed by atoms with Crippen LogP contribution in [0.3, 0.4) is 0 Å². The molecule has 2 fully saturated rings. The number of amides is 1. The Labute approximate surface area is 136 Å². The lowest BCUT2D eigenvalue weighted by atomic mass is 9.85. The van der Waals surface area contributed by atoms with Crippen LogP contribution in [-0.2, 0) is 16.9 Å². The van der Waals surface area contributed by atoms with Crippen molar-refractivity contribution in [2.75, 3.05) is 19.6 Å². The van der Waals surface area contributed by atoms with Gasteiger partial charge in [-0.2, -0.15) is 0 Å². The molecule has 6 heteroatoms. The Morgan fingerprint density at radius 2 is 2.09 bits per heavy atom. The maximum atomic E-state index is 14.3. The van der Waals surface area contributed by atoms with Gasteiger partial charge in [0.25, 0.3) is 5.91 Å². The van der Waals surface area contributed by atoms with Gasteiger partial charge in [0.1, 0.15) is 0 Å². The molecule has 3 heterocycles. The summed E-state index contributed by atoms with van der Waals surface area (Å²) in [6, 6.07) is 0.442. The summed E-state index contributed by atoms with van der Waals surface area (Å²) in [6.07, 6.45) is 6.54. The first-order valence-corrected chi connectivity index (χ1v) is 8.68. The minimum atomic E-state index is -1.57. The number of alkyl halides is 1. The first-order valence-electron chi connectivity index (χ1n) is 8.68. The average Bonchev–Trinajstić information content (AvgIpc) is 3.09. The zero-order valence-corrected chi connectivity index (χ0v) is 14.0. The Balaban J connectivity index is 1.65. The van der Waals surface area contributed by atoms with Crippen LogP contribution in [0.5, 0.6) is 0 Å². The Morgan fingerprint density at radius 3 is 2.78 bits per heavy atom. The van der Waals surface area contributed by atoms with Crippen molar-refractivity contribution in [3.05, 3.63) is 18.2 Å². The molecule has 0 N–H and O–H groups in total. The van der Waals surface area contributed by atoms with Crippen LogP contribution >= 0.6 is 0 Å². The van der Waals surface area contributed by atoms with E-state index in [4.69, 9.17) is 0 Å². The van der Waals surface area contributed by atoms with Gasteiger partial charge in [-0.3, -0.25) is 9.69 Å². The first kappa shape index (κ1) is 15.1. The van der Waals surface area contributed by atoms with Crippen molar-refractivity contribution in [3.63, 3.8) is 0 Å². The van der Waals surface area contributed by atoms with Crippen LogP contribution in [0.2, 0.25) is 0 Å². The van der Waals surface area contributed by atoms with Gasteiger partial charge < -0.3 is 9.47 Å². The van der Waals surface area contributed by atoms with Gasteiger partial charge in [-0.05, 0) is 39.5 Å². The zero-order valence-electron chi connectivity index (χ0n) is 14.0. The molecular weight excluding hydrogens is 295 g/mol. The van der Waals surface area contributed by atoms with Crippen LogP contribution < -0.4 is 0 Å². The van der Waals surface area contributed by atoms with Crippen LogP contribution in [0.4, 0.5) is 4.39 Å². The topological polar surface area (TPSA) is 41.4 Å². The molecular formula is C17H25FN4O. The normalized spacial score (nSPS) is 29.8.